The maximum Gasteiger partial charge on any atom is 0.406 e. The lowest BCUT2D eigenvalue weighted by molar-refractivity contribution is -0.149. The number of benzene rings is 2. The molecule has 0 aromatic heterocycles. The van der Waals surface area contributed by atoms with Crippen LogP contribution in [0.4, 0.5) is 4.79 Å². The van der Waals surface area contributed by atoms with E-state index in [1.54, 1.807) is 0 Å². The van der Waals surface area contributed by atoms with Crippen LogP contribution in [-0.4, -0.2) is 76.6 Å². The number of rotatable bonds is 12. The maximum atomic E-state index is 12.9. The van der Waals surface area contributed by atoms with Gasteiger partial charge in [-0.2, -0.15) is 0 Å². The molecule has 0 unspecified atom stereocenters. The van der Waals surface area contributed by atoms with Gasteiger partial charge in [0.25, 0.3) is 0 Å². The number of alkyl carbamates (subject to hydrolysis) is 1. The van der Waals surface area contributed by atoms with E-state index < -0.39 is 18.3 Å². The number of ether oxygens (including phenoxy) is 3. The first-order valence-electron chi connectivity index (χ1n) is 12.9. The monoisotopic (exact) mass is 531 g/mol. The number of amides is 2. The Morgan fingerprint density at radius 1 is 1.19 bits per heavy atom. The van der Waals surface area contributed by atoms with Gasteiger partial charge in [0.2, 0.25) is 5.91 Å². The quantitative estimate of drug-likeness (QED) is 0.399. The molecule has 1 heterocycles. The maximum absolute atomic E-state index is 12.9. The summed E-state index contributed by atoms with van der Waals surface area (Å²) in [5, 5.41) is 6.12. The first kappa shape index (κ1) is 28.9. The molecule has 0 bridgehead atoms. The van der Waals surface area contributed by atoms with E-state index >= 15 is 0 Å². The van der Waals surface area contributed by atoms with Gasteiger partial charge in [0.15, 0.2) is 0 Å². The van der Waals surface area contributed by atoms with Crippen LogP contribution in [0.15, 0.2) is 42.5 Å². The highest BCUT2D eigenvalue weighted by molar-refractivity contribution is 6.33. The van der Waals surface area contributed by atoms with E-state index in [9.17, 15) is 9.59 Å². The van der Waals surface area contributed by atoms with Crippen LogP contribution in [-0.2, 0) is 25.4 Å². The van der Waals surface area contributed by atoms with Gasteiger partial charge in [-0.25, -0.2) is 4.79 Å². The number of carbonyl (C=O) groups is 2. The molecule has 0 radical (unpaired) electrons. The van der Waals surface area contributed by atoms with Crippen LogP contribution >= 0.6 is 11.6 Å². The van der Waals surface area contributed by atoms with Crippen molar-refractivity contribution < 1.29 is 23.8 Å². The zero-order chi connectivity index (χ0) is 26.6. The summed E-state index contributed by atoms with van der Waals surface area (Å²) in [5.41, 5.74) is 3.94. The molecule has 9 heteroatoms. The van der Waals surface area contributed by atoms with Crippen LogP contribution in [0, 0.1) is 0 Å². The lowest BCUT2D eigenvalue weighted by atomic mass is 9.92. The van der Waals surface area contributed by atoms with Gasteiger partial charge in [-0.15, -0.1) is 0 Å². The van der Waals surface area contributed by atoms with Crippen LogP contribution in [0.5, 0.6) is 0 Å². The van der Waals surface area contributed by atoms with E-state index in [-0.39, 0.29) is 19.1 Å². The van der Waals surface area contributed by atoms with Crippen molar-refractivity contribution in [3.05, 3.63) is 58.6 Å². The molecule has 1 aliphatic rings. The lowest BCUT2D eigenvalue weighted by Gasteiger charge is -2.38. The second kappa shape index (κ2) is 14.9. The molecule has 37 heavy (non-hydrogen) atoms. The molecule has 202 valence electrons. The van der Waals surface area contributed by atoms with Crippen molar-refractivity contribution in [2.45, 2.75) is 38.4 Å². The summed E-state index contributed by atoms with van der Waals surface area (Å²) in [5.74, 6) is 0.104. The first-order chi connectivity index (χ1) is 18.0. The van der Waals surface area contributed by atoms with E-state index in [1.165, 1.54) is 12.6 Å². The molecule has 3 rings (SSSR count). The van der Waals surface area contributed by atoms with Crippen LogP contribution < -0.4 is 10.6 Å². The Labute approximate surface area is 224 Å². The zero-order valence-electron chi connectivity index (χ0n) is 21.9. The van der Waals surface area contributed by atoms with Crippen molar-refractivity contribution in [1.82, 2.24) is 15.5 Å². The Morgan fingerprint density at radius 2 is 2.00 bits per heavy atom. The number of carbonyl (C=O) groups excluding carboxylic acids is 2. The largest absolute Gasteiger partial charge is 0.447 e. The minimum atomic E-state index is -0.528. The molecule has 0 aliphatic carbocycles. The van der Waals surface area contributed by atoms with Gasteiger partial charge >= 0.3 is 6.09 Å². The van der Waals surface area contributed by atoms with Gasteiger partial charge in [-0.1, -0.05) is 54.9 Å². The van der Waals surface area contributed by atoms with Crippen LogP contribution in [0.1, 0.15) is 37.0 Å². The molecule has 2 N–H and O–H groups in total. The minimum Gasteiger partial charge on any atom is -0.447 e. The van der Waals surface area contributed by atoms with Gasteiger partial charge in [0.05, 0.1) is 13.2 Å². The minimum absolute atomic E-state index is 0.0801. The summed E-state index contributed by atoms with van der Waals surface area (Å²) in [6.07, 6.45) is 0.702. The molecule has 0 spiro atoms. The molecule has 2 aromatic rings. The van der Waals surface area contributed by atoms with Gasteiger partial charge in [0, 0.05) is 37.1 Å². The smallest absolute Gasteiger partial charge is 0.406 e. The van der Waals surface area contributed by atoms with Crippen molar-refractivity contribution in [2.75, 3.05) is 53.6 Å². The number of aryl methyl sites for hydroxylation is 1. The number of morpholine rings is 1. The molecule has 2 atom stereocenters. The third-order valence-electron chi connectivity index (χ3n) is 6.40. The molecule has 2 amide bonds. The Morgan fingerprint density at radius 3 is 2.76 bits per heavy atom. The fraction of sp³-hybridized carbons (Fsp3) is 0.500. The van der Waals surface area contributed by atoms with Crippen LogP contribution in [0.25, 0.3) is 11.1 Å². The fourth-order valence-corrected chi connectivity index (χ4v) is 4.76. The summed E-state index contributed by atoms with van der Waals surface area (Å²) in [6.45, 7) is 4.51. The number of nitrogens with zero attached hydrogens (tertiary/aromatic N) is 1. The van der Waals surface area contributed by atoms with Crippen LogP contribution in [0.3, 0.4) is 0 Å². The molecule has 1 aliphatic heterocycles. The number of hydrogen-bond donors (Lipinski definition) is 2. The number of hydrogen-bond acceptors (Lipinski definition) is 6. The molecule has 0 saturated carbocycles. The summed E-state index contributed by atoms with van der Waals surface area (Å²) >= 11 is 6.77. The highest BCUT2D eigenvalue weighted by atomic mass is 35.5. The summed E-state index contributed by atoms with van der Waals surface area (Å²) in [4.78, 5) is 26.2. The second-order valence-electron chi connectivity index (χ2n) is 8.89. The highest BCUT2D eigenvalue weighted by Gasteiger charge is 2.34. The lowest BCUT2D eigenvalue weighted by Crippen LogP contribution is -2.48. The van der Waals surface area contributed by atoms with Crippen molar-refractivity contribution in [3.63, 3.8) is 0 Å². The van der Waals surface area contributed by atoms with Crippen molar-refractivity contribution >= 4 is 23.6 Å². The Hall–Kier alpha value is -2.65. The van der Waals surface area contributed by atoms with Crippen molar-refractivity contribution in [3.8, 4) is 11.1 Å². The van der Waals surface area contributed by atoms with Gasteiger partial charge < -0.3 is 29.7 Å². The number of nitrogens with one attached hydrogen (secondary N) is 2. The molecule has 2 aromatic carbocycles. The van der Waals surface area contributed by atoms with E-state index in [0.29, 0.717) is 31.1 Å². The molecular formula is C28H38ClN3O5. The van der Waals surface area contributed by atoms with E-state index in [0.717, 1.165) is 36.1 Å². The summed E-state index contributed by atoms with van der Waals surface area (Å²) in [6, 6.07) is 14.0. The van der Waals surface area contributed by atoms with Crippen molar-refractivity contribution in [2.24, 2.45) is 0 Å². The fourth-order valence-electron chi connectivity index (χ4n) is 4.47. The first-order valence-corrected chi connectivity index (χ1v) is 13.2. The average molecular weight is 532 g/mol. The Balaban J connectivity index is 1.90. The SMILES string of the molecule is CCc1cccc(-c2c(Cl)cccc2[C@H](OCCOC(=O)NC)[C@H]2CN(C(=O)CCCNC)CCO2)c1. The predicted molar refractivity (Wildman–Crippen MR) is 145 cm³/mol. The van der Waals surface area contributed by atoms with Gasteiger partial charge in [0.1, 0.15) is 18.8 Å². The second-order valence-corrected chi connectivity index (χ2v) is 9.30. The third-order valence-corrected chi connectivity index (χ3v) is 6.71. The molecular weight excluding hydrogens is 494 g/mol. The Bertz CT molecular complexity index is 1030. The summed E-state index contributed by atoms with van der Waals surface area (Å²) < 4.78 is 17.6. The molecule has 1 saturated heterocycles. The van der Waals surface area contributed by atoms with E-state index in [1.807, 2.05) is 42.3 Å². The van der Waals surface area contributed by atoms with Gasteiger partial charge in [-0.3, -0.25) is 4.79 Å². The average Bonchev–Trinajstić information content (AvgIpc) is 2.93. The van der Waals surface area contributed by atoms with E-state index in [2.05, 4.69) is 29.7 Å². The zero-order valence-corrected chi connectivity index (χ0v) is 22.7. The topological polar surface area (TPSA) is 89.1 Å². The predicted octanol–water partition coefficient (Wildman–Crippen LogP) is 4.21. The van der Waals surface area contributed by atoms with Crippen LogP contribution in [0.2, 0.25) is 5.02 Å². The Kier molecular flexibility index (Phi) is 11.7. The normalized spacial score (nSPS) is 16.3. The van der Waals surface area contributed by atoms with E-state index in [4.69, 9.17) is 25.8 Å². The summed E-state index contributed by atoms with van der Waals surface area (Å²) in [7, 11) is 3.39. The standard InChI is InChI=1S/C28H38ClN3O5/c1-4-20-8-5-9-21(18-20)26-22(10-6-11-23(26)29)27(36-16-17-37-28(34)31-3)24-19-32(14-15-35-24)25(33)12-7-13-30-2/h5-6,8-11,18,24,27,30H,4,7,12-17,19H2,1-3H3,(H,31,34)/t24-,27+/m1/s1. The highest BCUT2D eigenvalue weighted by Crippen LogP contribution is 2.39. The van der Waals surface area contributed by atoms with Gasteiger partial charge in [-0.05, 0) is 49.2 Å². The molecule has 8 nitrogen and oxygen atoms in total. The van der Waals surface area contributed by atoms with Crippen molar-refractivity contribution in [1.29, 1.82) is 0 Å². The molecule has 1 fully saturated rings. The number of halogens is 1. The third kappa shape index (κ3) is 8.17.